The van der Waals surface area contributed by atoms with Crippen LogP contribution in [0, 0.1) is 11.3 Å². The zero-order chi connectivity index (χ0) is 16.0. The van der Waals surface area contributed by atoms with Crippen LogP contribution in [0.15, 0.2) is 18.2 Å². The van der Waals surface area contributed by atoms with Crippen LogP contribution in [0.4, 0.5) is 5.69 Å². The van der Waals surface area contributed by atoms with Crippen molar-refractivity contribution in [2.45, 2.75) is 45.8 Å². The van der Waals surface area contributed by atoms with Gasteiger partial charge in [0.2, 0.25) is 0 Å². The number of carbonyl (C=O) groups excluding carboxylic acids is 1. The van der Waals surface area contributed by atoms with Gasteiger partial charge in [0.25, 0.3) is 5.91 Å². The summed E-state index contributed by atoms with van der Waals surface area (Å²) in [7, 11) is 1.50. The van der Waals surface area contributed by atoms with Gasteiger partial charge in [-0.2, -0.15) is 5.26 Å². The minimum absolute atomic E-state index is 0.0191. The predicted molar refractivity (Wildman–Crippen MR) is 81.3 cm³/mol. The minimum atomic E-state index is -0.889. The van der Waals surface area contributed by atoms with Gasteiger partial charge in [0.05, 0.1) is 11.7 Å². The zero-order valence-electron chi connectivity index (χ0n) is 13.2. The third-order valence-electron chi connectivity index (χ3n) is 3.33. The highest BCUT2D eigenvalue weighted by Gasteiger charge is 2.31. The van der Waals surface area contributed by atoms with E-state index in [0.717, 1.165) is 0 Å². The van der Waals surface area contributed by atoms with E-state index in [1.54, 1.807) is 25.1 Å². The summed E-state index contributed by atoms with van der Waals surface area (Å²) in [5.41, 5.74) is 0.0430. The molecule has 0 aliphatic carbocycles. The molecule has 0 saturated carbocycles. The summed E-state index contributed by atoms with van der Waals surface area (Å²) >= 11 is 0. The van der Waals surface area contributed by atoms with Crippen molar-refractivity contribution in [2.24, 2.45) is 0 Å². The van der Waals surface area contributed by atoms with Crippen molar-refractivity contribution in [3.05, 3.63) is 23.8 Å². The van der Waals surface area contributed by atoms with Crippen molar-refractivity contribution < 1.29 is 14.3 Å². The Morgan fingerprint density at radius 1 is 1.48 bits per heavy atom. The number of methoxy groups -OCH3 is 1. The molecule has 114 valence electrons. The first kappa shape index (κ1) is 17.0. The van der Waals surface area contributed by atoms with Crippen LogP contribution >= 0.6 is 0 Å². The lowest BCUT2D eigenvalue weighted by Gasteiger charge is -2.25. The number of hydrogen-bond donors (Lipinski definition) is 1. The highest BCUT2D eigenvalue weighted by atomic mass is 16.5. The van der Waals surface area contributed by atoms with Crippen LogP contribution in [0.3, 0.4) is 0 Å². The van der Waals surface area contributed by atoms with E-state index in [9.17, 15) is 10.1 Å². The minimum Gasteiger partial charge on any atom is -0.490 e. The molecule has 1 aromatic carbocycles. The van der Waals surface area contributed by atoms with Gasteiger partial charge in [-0.05, 0) is 45.4 Å². The molecule has 0 unspecified atom stereocenters. The summed E-state index contributed by atoms with van der Waals surface area (Å²) in [5, 5.41) is 11.9. The molecule has 21 heavy (non-hydrogen) atoms. The van der Waals surface area contributed by atoms with E-state index >= 15 is 0 Å². The van der Waals surface area contributed by atoms with Gasteiger partial charge in [0, 0.05) is 12.8 Å². The SMILES string of the molecule is CC[C@@](C)(OC)C(=O)Nc1ccc(OC(C)C)c(C#N)c1. The van der Waals surface area contributed by atoms with Crippen LogP contribution in [0.2, 0.25) is 0 Å². The van der Waals surface area contributed by atoms with Crippen molar-refractivity contribution in [1.29, 1.82) is 5.26 Å². The quantitative estimate of drug-likeness (QED) is 0.874. The summed E-state index contributed by atoms with van der Waals surface area (Å²) < 4.78 is 10.8. The maximum absolute atomic E-state index is 12.2. The number of ether oxygens (including phenoxy) is 2. The normalized spacial score (nSPS) is 13.4. The monoisotopic (exact) mass is 290 g/mol. The maximum Gasteiger partial charge on any atom is 0.256 e. The van der Waals surface area contributed by atoms with Gasteiger partial charge < -0.3 is 14.8 Å². The Labute approximate surface area is 125 Å². The lowest BCUT2D eigenvalue weighted by molar-refractivity contribution is -0.136. The number of nitrogens with zero attached hydrogens (tertiary/aromatic N) is 1. The Morgan fingerprint density at radius 3 is 2.62 bits per heavy atom. The third-order valence-corrected chi connectivity index (χ3v) is 3.33. The van der Waals surface area contributed by atoms with Gasteiger partial charge in [0.1, 0.15) is 17.4 Å². The van der Waals surface area contributed by atoms with Crippen LogP contribution in [0.5, 0.6) is 5.75 Å². The summed E-state index contributed by atoms with van der Waals surface area (Å²) in [4.78, 5) is 12.2. The molecule has 0 aliphatic heterocycles. The van der Waals surface area contributed by atoms with Gasteiger partial charge in [0.15, 0.2) is 0 Å². The smallest absolute Gasteiger partial charge is 0.256 e. The van der Waals surface area contributed by atoms with Gasteiger partial charge in [-0.1, -0.05) is 6.92 Å². The van der Waals surface area contributed by atoms with Crippen molar-refractivity contribution in [3.8, 4) is 11.8 Å². The molecule has 0 aliphatic rings. The second kappa shape index (κ2) is 7.09. The van der Waals surface area contributed by atoms with E-state index < -0.39 is 5.60 Å². The molecule has 1 amide bonds. The molecule has 1 aromatic rings. The molecular weight excluding hydrogens is 268 g/mol. The second-order valence-electron chi connectivity index (χ2n) is 5.23. The highest BCUT2D eigenvalue weighted by Crippen LogP contribution is 2.24. The van der Waals surface area contributed by atoms with Crippen molar-refractivity contribution in [1.82, 2.24) is 0 Å². The number of nitrogens with one attached hydrogen (secondary N) is 1. The van der Waals surface area contributed by atoms with Gasteiger partial charge >= 0.3 is 0 Å². The molecule has 0 fully saturated rings. The first-order chi connectivity index (χ1) is 9.86. The van der Waals surface area contributed by atoms with Gasteiger partial charge in [-0.3, -0.25) is 4.79 Å². The molecule has 0 radical (unpaired) electrons. The summed E-state index contributed by atoms with van der Waals surface area (Å²) in [5.74, 6) is 0.268. The van der Waals surface area contributed by atoms with Crippen LogP contribution in [0.1, 0.15) is 39.7 Å². The average molecular weight is 290 g/mol. The largest absolute Gasteiger partial charge is 0.490 e. The number of anilines is 1. The van der Waals surface area contributed by atoms with E-state index in [0.29, 0.717) is 23.4 Å². The van der Waals surface area contributed by atoms with E-state index in [1.807, 2.05) is 20.8 Å². The first-order valence-corrected chi connectivity index (χ1v) is 6.93. The van der Waals surface area contributed by atoms with Crippen LogP contribution < -0.4 is 10.1 Å². The summed E-state index contributed by atoms with van der Waals surface area (Å²) in [6.07, 6.45) is 0.532. The van der Waals surface area contributed by atoms with E-state index in [2.05, 4.69) is 11.4 Å². The van der Waals surface area contributed by atoms with E-state index in [-0.39, 0.29) is 12.0 Å². The lowest BCUT2D eigenvalue weighted by Crippen LogP contribution is -2.41. The zero-order valence-corrected chi connectivity index (χ0v) is 13.2. The van der Waals surface area contributed by atoms with Gasteiger partial charge in [-0.15, -0.1) is 0 Å². The molecule has 0 saturated heterocycles. The van der Waals surface area contributed by atoms with Crippen LogP contribution in [0.25, 0.3) is 0 Å². The average Bonchev–Trinajstić information content (AvgIpc) is 2.47. The van der Waals surface area contributed by atoms with Gasteiger partial charge in [-0.25, -0.2) is 0 Å². The fourth-order valence-electron chi connectivity index (χ4n) is 1.71. The molecule has 1 rings (SSSR count). The lowest BCUT2D eigenvalue weighted by atomic mass is 10.0. The van der Waals surface area contributed by atoms with E-state index in [1.165, 1.54) is 7.11 Å². The standard InChI is InChI=1S/C16H22N2O3/c1-6-16(4,20-5)15(19)18-13-7-8-14(21-11(2)3)12(9-13)10-17/h7-9,11H,6H2,1-5H3,(H,18,19)/t16-/m1/s1. The summed E-state index contributed by atoms with van der Waals surface area (Å²) in [6.45, 7) is 7.39. The number of rotatable bonds is 6. The Morgan fingerprint density at radius 2 is 2.14 bits per heavy atom. The highest BCUT2D eigenvalue weighted by molar-refractivity contribution is 5.97. The molecule has 5 nitrogen and oxygen atoms in total. The molecule has 0 spiro atoms. The van der Waals surface area contributed by atoms with Crippen LogP contribution in [-0.2, 0) is 9.53 Å². The second-order valence-corrected chi connectivity index (χ2v) is 5.23. The Hall–Kier alpha value is -2.06. The topological polar surface area (TPSA) is 71.3 Å². The third kappa shape index (κ3) is 4.20. The number of amides is 1. The Balaban J connectivity index is 2.96. The maximum atomic E-state index is 12.2. The molecule has 1 atom stereocenters. The Kier molecular flexibility index (Phi) is 5.74. The molecular formula is C16H22N2O3. The number of benzene rings is 1. The predicted octanol–water partition coefficient (Wildman–Crippen LogP) is 3.10. The number of nitriles is 1. The molecule has 1 N–H and O–H groups in total. The fraction of sp³-hybridized carbons (Fsp3) is 0.500. The number of hydrogen-bond acceptors (Lipinski definition) is 4. The molecule has 5 heteroatoms. The first-order valence-electron chi connectivity index (χ1n) is 6.93. The molecule has 0 aromatic heterocycles. The fourth-order valence-corrected chi connectivity index (χ4v) is 1.71. The van der Waals surface area contributed by atoms with Crippen molar-refractivity contribution >= 4 is 11.6 Å². The van der Waals surface area contributed by atoms with Crippen LogP contribution in [-0.4, -0.2) is 24.7 Å². The Bertz CT molecular complexity index is 543. The molecule has 0 bridgehead atoms. The van der Waals surface area contributed by atoms with E-state index in [4.69, 9.17) is 9.47 Å². The number of carbonyl (C=O) groups is 1. The molecule has 0 heterocycles. The van der Waals surface area contributed by atoms with Crippen molar-refractivity contribution in [3.63, 3.8) is 0 Å². The summed E-state index contributed by atoms with van der Waals surface area (Å²) in [6, 6.07) is 7.07. The van der Waals surface area contributed by atoms with Crippen molar-refractivity contribution in [2.75, 3.05) is 12.4 Å².